The molecule has 1 saturated heterocycles. The average Bonchev–Trinajstić information content (AvgIpc) is 2.79. The zero-order chi connectivity index (χ0) is 13.2. The standard InChI is InChI=1S/C12H19N3O2S/c1-3-5-13-12-14-10(2)7-15(12)8-11-4-6-18(16,17)9-11/h3,7,11H,1,4-6,8-9H2,2H3,(H,13,14). The molecule has 1 aromatic rings. The third kappa shape index (κ3) is 3.13. The topological polar surface area (TPSA) is 64.0 Å². The van der Waals surface area contributed by atoms with E-state index in [-0.39, 0.29) is 5.92 Å². The fraction of sp³-hybridized carbons (Fsp3) is 0.583. The Morgan fingerprint density at radius 1 is 1.67 bits per heavy atom. The summed E-state index contributed by atoms with van der Waals surface area (Å²) in [6, 6.07) is 0. The van der Waals surface area contributed by atoms with Gasteiger partial charge in [0.05, 0.1) is 17.2 Å². The second-order valence-electron chi connectivity index (χ2n) is 4.80. The highest BCUT2D eigenvalue weighted by molar-refractivity contribution is 7.91. The molecule has 0 aromatic carbocycles. The molecule has 2 rings (SSSR count). The van der Waals surface area contributed by atoms with Crippen LogP contribution in [-0.2, 0) is 16.4 Å². The number of anilines is 1. The van der Waals surface area contributed by atoms with Crippen LogP contribution in [-0.4, -0.2) is 36.0 Å². The molecule has 1 aromatic heterocycles. The van der Waals surface area contributed by atoms with Gasteiger partial charge in [-0.3, -0.25) is 0 Å². The highest BCUT2D eigenvalue weighted by Crippen LogP contribution is 2.22. The van der Waals surface area contributed by atoms with Crippen molar-refractivity contribution in [2.75, 3.05) is 23.4 Å². The predicted molar refractivity (Wildman–Crippen MR) is 72.4 cm³/mol. The Kier molecular flexibility index (Phi) is 3.75. The van der Waals surface area contributed by atoms with E-state index in [2.05, 4.69) is 16.9 Å². The maximum atomic E-state index is 11.4. The molecule has 100 valence electrons. The van der Waals surface area contributed by atoms with Gasteiger partial charge in [-0.1, -0.05) is 6.08 Å². The fourth-order valence-electron chi connectivity index (χ4n) is 2.28. The summed E-state index contributed by atoms with van der Waals surface area (Å²) in [4.78, 5) is 4.38. The van der Waals surface area contributed by atoms with Gasteiger partial charge in [0, 0.05) is 19.3 Å². The molecular weight excluding hydrogens is 250 g/mol. The summed E-state index contributed by atoms with van der Waals surface area (Å²) >= 11 is 0. The van der Waals surface area contributed by atoms with Crippen molar-refractivity contribution in [3.63, 3.8) is 0 Å². The number of aryl methyl sites for hydroxylation is 1. The Balaban J connectivity index is 2.06. The van der Waals surface area contributed by atoms with Crippen LogP contribution >= 0.6 is 0 Å². The van der Waals surface area contributed by atoms with E-state index in [9.17, 15) is 8.42 Å². The number of nitrogens with one attached hydrogen (secondary N) is 1. The Bertz CT molecular complexity index is 534. The largest absolute Gasteiger partial charge is 0.352 e. The molecule has 1 unspecified atom stereocenters. The number of sulfone groups is 1. The number of imidazole rings is 1. The van der Waals surface area contributed by atoms with Crippen molar-refractivity contribution in [3.05, 3.63) is 24.5 Å². The van der Waals surface area contributed by atoms with E-state index in [0.29, 0.717) is 24.6 Å². The minimum atomic E-state index is -2.81. The Morgan fingerprint density at radius 2 is 2.44 bits per heavy atom. The van der Waals surface area contributed by atoms with Gasteiger partial charge in [0.15, 0.2) is 9.84 Å². The van der Waals surface area contributed by atoms with Crippen molar-refractivity contribution in [3.8, 4) is 0 Å². The average molecular weight is 269 g/mol. The second kappa shape index (κ2) is 5.14. The van der Waals surface area contributed by atoms with Gasteiger partial charge in [-0.05, 0) is 19.3 Å². The van der Waals surface area contributed by atoms with Crippen LogP contribution in [0.25, 0.3) is 0 Å². The Labute approximate surface area is 108 Å². The van der Waals surface area contributed by atoms with Crippen LogP contribution in [0.5, 0.6) is 0 Å². The Morgan fingerprint density at radius 3 is 3.06 bits per heavy atom. The molecule has 18 heavy (non-hydrogen) atoms. The Hall–Kier alpha value is -1.30. The zero-order valence-corrected chi connectivity index (χ0v) is 11.4. The maximum absolute atomic E-state index is 11.4. The summed E-state index contributed by atoms with van der Waals surface area (Å²) < 4.78 is 24.9. The van der Waals surface area contributed by atoms with Crippen molar-refractivity contribution in [1.82, 2.24) is 9.55 Å². The lowest BCUT2D eigenvalue weighted by Crippen LogP contribution is -2.14. The molecule has 5 nitrogen and oxygen atoms in total. The third-order valence-electron chi connectivity index (χ3n) is 3.08. The van der Waals surface area contributed by atoms with Gasteiger partial charge >= 0.3 is 0 Å². The number of nitrogens with zero attached hydrogens (tertiary/aromatic N) is 2. The van der Waals surface area contributed by atoms with Gasteiger partial charge in [0.1, 0.15) is 0 Å². The van der Waals surface area contributed by atoms with E-state index >= 15 is 0 Å². The molecule has 0 saturated carbocycles. The van der Waals surface area contributed by atoms with Crippen molar-refractivity contribution in [1.29, 1.82) is 0 Å². The maximum Gasteiger partial charge on any atom is 0.203 e. The molecule has 2 heterocycles. The first kappa shape index (κ1) is 13.1. The summed E-state index contributed by atoms with van der Waals surface area (Å²) in [6.07, 6.45) is 4.48. The molecule has 1 N–H and O–H groups in total. The fourth-order valence-corrected chi connectivity index (χ4v) is 4.13. The van der Waals surface area contributed by atoms with Gasteiger partial charge in [-0.15, -0.1) is 6.58 Å². The van der Waals surface area contributed by atoms with Gasteiger partial charge in [0.2, 0.25) is 5.95 Å². The SMILES string of the molecule is C=CCNc1nc(C)cn1CC1CCS(=O)(=O)C1. The van der Waals surface area contributed by atoms with Crippen molar-refractivity contribution >= 4 is 15.8 Å². The molecule has 1 aliphatic rings. The van der Waals surface area contributed by atoms with Crippen molar-refractivity contribution in [2.45, 2.75) is 19.9 Å². The van der Waals surface area contributed by atoms with Crippen LogP contribution in [0.15, 0.2) is 18.9 Å². The van der Waals surface area contributed by atoms with Crippen LogP contribution in [0.3, 0.4) is 0 Å². The molecule has 1 aliphatic heterocycles. The number of hydrogen-bond donors (Lipinski definition) is 1. The number of hydrogen-bond acceptors (Lipinski definition) is 4. The molecule has 0 spiro atoms. The highest BCUT2D eigenvalue weighted by Gasteiger charge is 2.28. The van der Waals surface area contributed by atoms with Crippen LogP contribution in [0, 0.1) is 12.8 Å². The second-order valence-corrected chi connectivity index (χ2v) is 7.03. The van der Waals surface area contributed by atoms with E-state index in [1.807, 2.05) is 17.7 Å². The van der Waals surface area contributed by atoms with E-state index in [1.54, 1.807) is 6.08 Å². The van der Waals surface area contributed by atoms with Crippen LogP contribution in [0.1, 0.15) is 12.1 Å². The van der Waals surface area contributed by atoms with Crippen LogP contribution in [0.4, 0.5) is 5.95 Å². The summed E-state index contributed by atoms with van der Waals surface area (Å²) in [6.45, 7) is 6.95. The van der Waals surface area contributed by atoms with E-state index in [0.717, 1.165) is 18.1 Å². The normalized spacial score (nSPS) is 21.9. The van der Waals surface area contributed by atoms with Crippen LogP contribution < -0.4 is 5.32 Å². The van der Waals surface area contributed by atoms with Crippen molar-refractivity contribution < 1.29 is 8.42 Å². The molecule has 1 atom stereocenters. The van der Waals surface area contributed by atoms with Gasteiger partial charge < -0.3 is 9.88 Å². The first-order valence-electron chi connectivity index (χ1n) is 6.09. The van der Waals surface area contributed by atoms with E-state index < -0.39 is 9.84 Å². The molecule has 0 aliphatic carbocycles. The van der Waals surface area contributed by atoms with Crippen molar-refractivity contribution in [2.24, 2.45) is 5.92 Å². The number of aromatic nitrogens is 2. The molecule has 0 bridgehead atoms. The predicted octanol–water partition coefficient (Wildman–Crippen LogP) is 1.22. The van der Waals surface area contributed by atoms with Gasteiger partial charge in [-0.2, -0.15) is 0 Å². The minimum Gasteiger partial charge on any atom is -0.352 e. The molecule has 6 heteroatoms. The molecule has 0 amide bonds. The lowest BCUT2D eigenvalue weighted by molar-refractivity contribution is 0.493. The van der Waals surface area contributed by atoms with Crippen LogP contribution in [0.2, 0.25) is 0 Å². The monoisotopic (exact) mass is 269 g/mol. The first-order valence-corrected chi connectivity index (χ1v) is 7.91. The lowest BCUT2D eigenvalue weighted by atomic mass is 10.1. The van der Waals surface area contributed by atoms with Gasteiger partial charge in [0.25, 0.3) is 0 Å². The summed E-state index contributed by atoms with van der Waals surface area (Å²) in [7, 11) is -2.81. The quantitative estimate of drug-likeness (QED) is 0.816. The number of rotatable bonds is 5. The molecular formula is C12H19N3O2S. The van der Waals surface area contributed by atoms with E-state index in [4.69, 9.17) is 0 Å². The minimum absolute atomic E-state index is 0.202. The smallest absolute Gasteiger partial charge is 0.203 e. The zero-order valence-electron chi connectivity index (χ0n) is 10.6. The first-order chi connectivity index (χ1) is 8.50. The summed E-state index contributed by atoms with van der Waals surface area (Å²) in [5, 5.41) is 3.16. The van der Waals surface area contributed by atoms with Gasteiger partial charge in [-0.25, -0.2) is 13.4 Å². The third-order valence-corrected chi connectivity index (χ3v) is 4.92. The summed E-state index contributed by atoms with van der Waals surface area (Å²) in [5.74, 6) is 1.61. The lowest BCUT2D eigenvalue weighted by Gasteiger charge is -2.12. The summed E-state index contributed by atoms with van der Waals surface area (Å²) in [5.41, 5.74) is 0.933. The van der Waals surface area contributed by atoms with E-state index in [1.165, 1.54) is 0 Å². The highest BCUT2D eigenvalue weighted by atomic mass is 32.2. The molecule has 1 fully saturated rings. The molecule has 0 radical (unpaired) electrons.